The maximum absolute atomic E-state index is 10.4. The van der Waals surface area contributed by atoms with Crippen molar-refractivity contribution >= 4 is 0 Å². The largest absolute Gasteiger partial charge is 0.388 e. The van der Waals surface area contributed by atoms with E-state index in [-0.39, 0.29) is 6.10 Å². The molecule has 0 radical (unpaired) electrons. The van der Waals surface area contributed by atoms with Crippen LogP contribution in [-0.4, -0.2) is 5.11 Å². The van der Waals surface area contributed by atoms with Crippen molar-refractivity contribution in [2.45, 2.75) is 70.8 Å². The monoisotopic (exact) mass is 260 g/mol. The van der Waals surface area contributed by atoms with E-state index in [9.17, 15) is 5.11 Å². The van der Waals surface area contributed by atoms with Gasteiger partial charge in [-0.3, -0.25) is 0 Å². The SMILES string of the molecule is CCCCC(CC)CC(O)c1cccc(C2CC2)c1. The average Bonchev–Trinajstić information content (AvgIpc) is 3.28. The van der Waals surface area contributed by atoms with Crippen molar-refractivity contribution < 1.29 is 5.11 Å². The average molecular weight is 260 g/mol. The van der Waals surface area contributed by atoms with E-state index < -0.39 is 0 Å². The van der Waals surface area contributed by atoms with Gasteiger partial charge >= 0.3 is 0 Å². The maximum atomic E-state index is 10.4. The summed E-state index contributed by atoms with van der Waals surface area (Å²) in [4.78, 5) is 0. The molecule has 1 heteroatoms. The highest BCUT2D eigenvalue weighted by Gasteiger charge is 2.24. The van der Waals surface area contributed by atoms with Crippen LogP contribution in [0.25, 0.3) is 0 Å². The van der Waals surface area contributed by atoms with Crippen molar-refractivity contribution in [3.8, 4) is 0 Å². The molecule has 0 amide bonds. The standard InChI is InChI=1S/C18H28O/c1-3-5-7-14(4-2)12-18(19)17-9-6-8-16(13-17)15-10-11-15/h6,8-9,13-15,18-19H,3-5,7,10-12H2,1-2H3. The third-order valence-electron chi connectivity index (χ3n) is 4.44. The van der Waals surface area contributed by atoms with Gasteiger partial charge in [-0.1, -0.05) is 63.8 Å². The Kier molecular flexibility index (Phi) is 5.45. The lowest BCUT2D eigenvalue weighted by molar-refractivity contribution is 0.139. The molecule has 0 aliphatic heterocycles. The highest BCUT2D eigenvalue weighted by molar-refractivity contribution is 5.30. The number of hydrogen-bond donors (Lipinski definition) is 1. The van der Waals surface area contributed by atoms with Gasteiger partial charge in [-0.05, 0) is 42.2 Å². The van der Waals surface area contributed by atoms with Crippen LogP contribution in [-0.2, 0) is 0 Å². The van der Waals surface area contributed by atoms with Gasteiger partial charge < -0.3 is 5.11 Å². The summed E-state index contributed by atoms with van der Waals surface area (Å²) in [5, 5.41) is 10.4. The molecule has 0 saturated heterocycles. The topological polar surface area (TPSA) is 20.2 Å². The minimum Gasteiger partial charge on any atom is -0.388 e. The molecule has 0 heterocycles. The number of rotatable bonds is 8. The fourth-order valence-corrected chi connectivity index (χ4v) is 2.87. The van der Waals surface area contributed by atoms with Gasteiger partial charge in [0.15, 0.2) is 0 Å². The fraction of sp³-hybridized carbons (Fsp3) is 0.667. The van der Waals surface area contributed by atoms with E-state index in [0.29, 0.717) is 5.92 Å². The quantitative estimate of drug-likeness (QED) is 0.680. The van der Waals surface area contributed by atoms with Crippen LogP contribution in [0.5, 0.6) is 0 Å². The number of aliphatic hydroxyl groups excluding tert-OH is 1. The molecule has 1 aliphatic rings. The van der Waals surface area contributed by atoms with Gasteiger partial charge in [-0.25, -0.2) is 0 Å². The zero-order valence-corrected chi connectivity index (χ0v) is 12.4. The van der Waals surface area contributed by atoms with E-state index in [4.69, 9.17) is 0 Å². The lowest BCUT2D eigenvalue weighted by Gasteiger charge is -2.19. The summed E-state index contributed by atoms with van der Waals surface area (Å²) < 4.78 is 0. The molecule has 1 saturated carbocycles. The van der Waals surface area contributed by atoms with Crippen molar-refractivity contribution in [2.24, 2.45) is 5.92 Å². The minimum absolute atomic E-state index is 0.277. The number of benzene rings is 1. The third-order valence-corrected chi connectivity index (χ3v) is 4.44. The molecule has 1 aliphatic carbocycles. The highest BCUT2D eigenvalue weighted by atomic mass is 16.3. The third kappa shape index (κ3) is 4.35. The van der Waals surface area contributed by atoms with E-state index in [1.165, 1.54) is 44.1 Å². The van der Waals surface area contributed by atoms with Crippen molar-refractivity contribution in [2.75, 3.05) is 0 Å². The first-order valence-electron chi connectivity index (χ1n) is 8.02. The zero-order valence-electron chi connectivity index (χ0n) is 12.4. The second kappa shape index (κ2) is 7.09. The van der Waals surface area contributed by atoms with E-state index in [0.717, 1.165) is 17.9 Å². The van der Waals surface area contributed by atoms with Gasteiger partial charge in [0.2, 0.25) is 0 Å². The first-order valence-corrected chi connectivity index (χ1v) is 8.02. The molecule has 19 heavy (non-hydrogen) atoms. The molecule has 0 bridgehead atoms. The number of hydrogen-bond acceptors (Lipinski definition) is 1. The summed E-state index contributed by atoms with van der Waals surface area (Å²) in [7, 11) is 0. The van der Waals surface area contributed by atoms with Gasteiger partial charge in [0.05, 0.1) is 6.10 Å². The van der Waals surface area contributed by atoms with Crippen molar-refractivity contribution in [1.29, 1.82) is 0 Å². The molecule has 2 rings (SSSR count). The molecule has 106 valence electrons. The Hall–Kier alpha value is -0.820. The summed E-state index contributed by atoms with van der Waals surface area (Å²) >= 11 is 0. The first-order chi connectivity index (χ1) is 9.24. The summed E-state index contributed by atoms with van der Waals surface area (Å²) in [5.74, 6) is 1.44. The predicted molar refractivity (Wildman–Crippen MR) is 81.3 cm³/mol. The van der Waals surface area contributed by atoms with Crippen LogP contribution < -0.4 is 0 Å². The highest BCUT2D eigenvalue weighted by Crippen LogP contribution is 2.41. The first kappa shape index (κ1) is 14.6. The van der Waals surface area contributed by atoms with Crippen LogP contribution in [0.4, 0.5) is 0 Å². The number of unbranched alkanes of at least 4 members (excludes halogenated alkanes) is 1. The molecule has 2 atom stereocenters. The predicted octanol–water partition coefficient (Wildman–Crippen LogP) is 5.20. The Labute approximate surface area is 118 Å². The second-order valence-corrected chi connectivity index (χ2v) is 6.11. The molecule has 1 aromatic carbocycles. The molecule has 1 N–H and O–H groups in total. The van der Waals surface area contributed by atoms with E-state index in [1.54, 1.807) is 0 Å². The fourth-order valence-electron chi connectivity index (χ4n) is 2.87. The Morgan fingerprint density at radius 3 is 2.68 bits per heavy atom. The van der Waals surface area contributed by atoms with Crippen LogP contribution in [0.15, 0.2) is 24.3 Å². The van der Waals surface area contributed by atoms with Crippen LogP contribution >= 0.6 is 0 Å². The van der Waals surface area contributed by atoms with Crippen LogP contribution in [0.1, 0.15) is 81.9 Å². The van der Waals surface area contributed by atoms with Gasteiger partial charge in [0, 0.05) is 0 Å². The summed E-state index contributed by atoms with van der Waals surface area (Å²) in [5.41, 5.74) is 2.55. The van der Waals surface area contributed by atoms with Gasteiger partial charge in [0.1, 0.15) is 0 Å². The van der Waals surface area contributed by atoms with E-state index in [2.05, 4.69) is 38.1 Å². The molecule has 1 fully saturated rings. The summed E-state index contributed by atoms with van der Waals surface area (Å²) in [6.45, 7) is 4.48. The second-order valence-electron chi connectivity index (χ2n) is 6.11. The molecule has 0 aromatic heterocycles. The summed E-state index contributed by atoms with van der Waals surface area (Å²) in [6, 6.07) is 8.64. The van der Waals surface area contributed by atoms with Gasteiger partial charge in [-0.2, -0.15) is 0 Å². The van der Waals surface area contributed by atoms with E-state index in [1.807, 2.05) is 0 Å². The normalized spacial score (nSPS) is 18.3. The molecule has 1 nitrogen and oxygen atoms in total. The minimum atomic E-state index is -0.277. The van der Waals surface area contributed by atoms with E-state index >= 15 is 0 Å². The Balaban J connectivity index is 1.93. The smallest absolute Gasteiger partial charge is 0.0792 e. The molecular weight excluding hydrogens is 232 g/mol. The van der Waals surface area contributed by atoms with Gasteiger partial charge in [0.25, 0.3) is 0 Å². The molecule has 0 spiro atoms. The van der Waals surface area contributed by atoms with Crippen LogP contribution in [0.2, 0.25) is 0 Å². The van der Waals surface area contributed by atoms with Crippen molar-refractivity contribution in [3.63, 3.8) is 0 Å². The Morgan fingerprint density at radius 2 is 2.05 bits per heavy atom. The Morgan fingerprint density at radius 1 is 1.26 bits per heavy atom. The van der Waals surface area contributed by atoms with Gasteiger partial charge in [-0.15, -0.1) is 0 Å². The molecular formula is C18H28O. The zero-order chi connectivity index (χ0) is 13.7. The lowest BCUT2D eigenvalue weighted by atomic mass is 9.90. The van der Waals surface area contributed by atoms with Crippen molar-refractivity contribution in [3.05, 3.63) is 35.4 Å². The van der Waals surface area contributed by atoms with Crippen LogP contribution in [0.3, 0.4) is 0 Å². The Bertz CT molecular complexity index is 381. The molecule has 1 aromatic rings. The van der Waals surface area contributed by atoms with Crippen molar-refractivity contribution in [1.82, 2.24) is 0 Å². The summed E-state index contributed by atoms with van der Waals surface area (Å²) in [6.07, 6.45) is 8.27. The van der Waals surface area contributed by atoms with Crippen LogP contribution in [0, 0.1) is 5.92 Å². The maximum Gasteiger partial charge on any atom is 0.0792 e. The molecule has 2 unspecified atom stereocenters. The lowest BCUT2D eigenvalue weighted by Crippen LogP contribution is -2.07. The number of aliphatic hydroxyl groups is 1.